The van der Waals surface area contributed by atoms with E-state index in [1.807, 2.05) is 24.3 Å². The number of carbonyl (C=O) groups is 1. The first kappa shape index (κ1) is 24.0. The number of hydrogen-bond donors (Lipinski definition) is 2. The first-order valence-corrected chi connectivity index (χ1v) is 10.6. The molecule has 1 heterocycles. The van der Waals surface area contributed by atoms with E-state index in [-0.39, 0.29) is 23.1 Å². The molecule has 1 amide bonds. The molecule has 0 fully saturated rings. The number of ether oxygens (including phenoxy) is 1. The summed E-state index contributed by atoms with van der Waals surface area (Å²) < 4.78 is 45.6. The lowest BCUT2D eigenvalue weighted by Crippen LogP contribution is -2.16. The molecular weight excluding hydrogens is 467 g/mol. The maximum atomic E-state index is 12.9. The quantitative estimate of drug-likeness (QED) is 0.447. The SMILES string of the molecule is COc1ccc(Cn2cc(CO)nc2SCC(=O)Nc2cc(C(F)(F)F)ccc2Cl)cc1. The Kier molecular flexibility index (Phi) is 7.70. The first-order chi connectivity index (χ1) is 15.2. The van der Waals surface area contributed by atoms with Crippen molar-refractivity contribution in [3.63, 3.8) is 0 Å². The number of aromatic nitrogens is 2. The van der Waals surface area contributed by atoms with E-state index >= 15 is 0 Å². The predicted molar refractivity (Wildman–Crippen MR) is 116 cm³/mol. The van der Waals surface area contributed by atoms with E-state index in [4.69, 9.17) is 16.3 Å². The van der Waals surface area contributed by atoms with Gasteiger partial charge < -0.3 is 19.7 Å². The van der Waals surface area contributed by atoms with Gasteiger partial charge in [0.15, 0.2) is 5.16 Å². The number of hydrogen-bond acceptors (Lipinski definition) is 5. The molecule has 1 aromatic heterocycles. The number of thioether (sulfide) groups is 1. The Bertz CT molecular complexity index is 1090. The number of alkyl halides is 3. The minimum Gasteiger partial charge on any atom is -0.497 e. The number of nitrogens with one attached hydrogen (secondary N) is 1. The molecule has 11 heteroatoms. The zero-order valence-corrected chi connectivity index (χ0v) is 18.4. The second kappa shape index (κ2) is 10.3. The molecule has 2 aromatic carbocycles. The van der Waals surface area contributed by atoms with Gasteiger partial charge in [-0.05, 0) is 35.9 Å². The van der Waals surface area contributed by atoms with Crippen molar-refractivity contribution < 1.29 is 27.8 Å². The summed E-state index contributed by atoms with van der Waals surface area (Å²) in [6.45, 7) is 0.176. The standard InChI is InChI=1S/C21H19ClF3N3O3S/c1-31-16-5-2-13(3-6-16)9-28-10-15(11-29)26-20(28)32-12-19(30)27-18-8-14(21(23,24)25)4-7-17(18)22/h2-8,10,29H,9,11-12H2,1H3,(H,27,30). The highest BCUT2D eigenvalue weighted by Crippen LogP contribution is 2.34. The van der Waals surface area contributed by atoms with E-state index in [1.165, 1.54) is 0 Å². The van der Waals surface area contributed by atoms with Crippen molar-refractivity contribution in [3.8, 4) is 5.75 Å². The van der Waals surface area contributed by atoms with Gasteiger partial charge in [-0.1, -0.05) is 35.5 Å². The summed E-state index contributed by atoms with van der Waals surface area (Å²) in [5.74, 6) is 0.0626. The number of aliphatic hydroxyl groups excluding tert-OH is 1. The third-order valence-electron chi connectivity index (χ3n) is 4.36. The number of amides is 1. The average molecular weight is 486 g/mol. The van der Waals surface area contributed by atoms with Crippen LogP contribution in [0.3, 0.4) is 0 Å². The number of carbonyl (C=O) groups excluding carboxylic acids is 1. The Morgan fingerprint density at radius 3 is 2.59 bits per heavy atom. The molecule has 32 heavy (non-hydrogen) atoms. The van der Waals surface area contributed by atoms with E-state index in [1.54, 1.807) is 17.9 Å². The summed E-state index contributed by atoms with van der Waals surface area (Å²) in [5.41, 5.74) is 0.356. The molecule has 3 aromatic rings. The third-order valence-corrected chi connectivity index (χ3v) is 5.68. The number of anilines is 1. The van der Waals surface area contributed by atoms with Crippen molar-refractivity contribution in [2.75, 3.05) is 18.2 Å². The zero-order chi connectivity index (χ0) is 23.3. The Hall–Kier alpha value is -2.69. The molecule has 0 spiro atoms. The molecule has 3 rings (SSSR count). The minimum atomic E-state index is -4.55. The zero-order valence-electron chi connectivity index (χ0n) is 16.8. The Morgan fingerprint density at radius 1 is 1.25 bits per heavy atom. The van der Waals surface area contributed by atoms with Crippen LogP contribution in [0.5, 0.6) is 5.75 Å². The molecule has 6 nitrogen and oxygen atoms in total. The lowest BCUT2D eigenvalue weighted by molar-refractivity contribution is -0.137. The highest BCUT2D eigenvalue weighted by Gasteiger charge is 2.31. The highest BCUT2D eigenvalue weighted by molar-refractivity contribution is 7.99. The predicted octanol–water partition coefficient (Wildman–Crippen LogP) is 4.84. The first-order valence-electron chi connectivity index (χ1n) is 9.29. The average Bonchev–Trinajstić information content (AvgIpc) is 3.15. The molecule has 0 radical (unpaired) electrons. The lowest BCUT2D eigenvalue weighted by atomic mass is 10.2. The van der Waals surface area contributed by atoms with Crippen molar-refractivity contribution in [1.29, 1.82) is 0 Å². The van der Waals surface area contributed by atoms with Gasteiger partial charge in [-0.2, -0.15) is 13.2 Å². The smallest absolute Gasteiger partial charge is 0.416 e. The highest BCUT2D eigenvalue weighted by atomic mass is 35.5. The fourth-order valence-corrected chi connectivity index (χ4v) is 3.76. The number of methoxy groups -OCH3 is 1. The van der Waals surface area contributed by atoms with Crippen LogP contribution in [0.2, 0.25) is 5.02 Å². The molecule has 0 unspecified atom stereocenters. The largest absolute Gasteiger partial charge is 0.497 e. The van der Waals surface area contributed by atoms with Crippen LogP contribution in [0.15, 0.2) is 53.8 Å². The van der Waals surface area contributed by atoms with E-state index < -0.39 is 17.6 Å². The maximum absolute atomic E-state index is 12.9. The van der Waals surface area contributed by atoms with Gasteiger partial charge in [0.25, 0.3) is 0 Å². The molecule has 0 atom stereocenters. The van der Waals surface area contributed by atoms with Gasteiger partial charge in [0.2, 0.25) is 5.91 Å². The van der Waals surface area contributed by atoms with Crippen LogP contribution in [0, 0.1) is 0 Å². The van der Waals surface area contributed by atoms with Crippen molar-refractivity contribution in [1.82, 2.24) is 9.55 Å². The summed E-state index contributed by atoms with van der Waals surface area (Å²) in [7, 11) is 1.57. The van der Waals surface area contributed by atoms with Crippen LogP contribution in [0.4, 0.5) is 18.9 Å². The van der Waals surface area contributed by atoms with Crippen LogP contribution < -0.4 is 10.1 Å². The summed E-state index contributed by atoms with van der Waals surface area (Å²) >= 11 is 7.02. The summed E-state index contributed by atoms with van der Waals surface area (Å²) in [6, 6.07) is 10.1. The third kappa shape index (κ3) is 6.18. The minimum absolute atomic E-state index is 0.0000716. The summed E-state index contributed by atoms with van der Waals surface area (Å²) in [4.78, 5) is 16.6. The van der Waals surface area contributed by atoms with Gasteiger partial charge in [-0.15, -0.1) is 0 Å². The van der Waals surface area contributed by atoms with Gasteiger partial charge in [0, 0.05) is 12.7 Å². The molecule has 0 aliphatic heterocycles. The van der Waals surface area contributed by atoms with E-state index in [0.717, 1.165) is 41.3 Å². The number of aliphatic hydroxyl groups is 1. The summed E-state index contributed by atoms with van der Waals surface area (Å²) in [5, 5.41) is 12.3. The Labute approximate surface area is 191 Å². The molecule has 0 aliphatic rings. The lowest BCUT2D eigenvalue weighted by Gasteiger charge is -2.12. The van der Waals surface area contributed by atoms with E-state index in [2.05, 4.69) is 10.3 Å². The van der Waals surface area contributed by atoms with Gasteiger partial charge in [0.05, 0.1) is 41.4 Å². The van der Waals surface area contributed by atoms with Crippen molar-refractivity contribution in [2.45, 2.75) is 24.5 Å². The van der Waals surface area contributed by atoms with Crippen LogP contribution in [0.1, 0.15) is 16.8 Å². The molecular formula is C21H19ClF3N3O3S. The maximum Gasteiger partial charge on any atom is 0.416 e. The molecule has 0 saturated carbocycles. The molecule has 170 valence electrons. The Balaban J connectivity index is 1.68. The summed E-state index contributed by atoms with van der Waals surface area (Å²) in [6.07, 6.45) is -2.88. The second-order valence-corrected chi connectivity index (χ2v) is 8.03. The monoisotopic (exact) mass is 485 g/mol. The van der Waals surface area contributed by atoms with E-state index in [0.29, 0.717) is 17.4 Å². The topological polar surface area (TPSA) is 76.4 Å². The molecule has 0 bridgehead atoms. The second-order valence-electron chi connectivity index (χ2n) is 6.68. The van der Waals surface area contributed by atoms with Gasteiger partial charge in [-0.3, -0.25) is 4.79 Å². The van der Waals surface area contributed by atoms with Crippen molar-refractivity contribution >= 4 is 35.0 Å². The van der Waals surface area contributed by atoms with Crippen LogP contribution in [-0.4, -0.2) is 33.4 Å². The van der Waals surface area contributed by atoms with Crippen molar-refractivity contribution in [3.05, 3.63) is 70.5 Å². The van der Waals surface area contributed by atoms with Crippen LogP contribution in [-0.2, 0) is 24.1 Å². The van der Waals surface area contributed by atoms with Gasteiger partial charge in [-0.25, -0.2) is 4.98 Å². The normalized spacial score (nSPS) is 11.4. The number of imidazole rings is 1. The number of nitrogens with zero attached hydrogens (tertiary/aromatic N) is 2. The fourth-order valence-electron chi connectivity index (χ4n) is 2.80. The van der Waals surface area contributed by atoms with E-state index in [9.17, 15) is 23.1 Å². The van der Waals surface area contributed by atoms with Gasteiger partial charge in [0.1, 0.15) is 5.75 Å². The molecule has 0 saturated heterocycles. The molecule has 0 aliphatic carbocycles. The number of halogens is 4. The van der Waals surface area contributed by atoms with Crippen LogP contribution in [0.25, 0.3) is 0 Å². The number of rotatable bonds is 8. The fraction of sp³-hybridized carbons (Fsp3) is 0.238. The van der Waals surface area contributed by atoms with Gasteiger partial charge >= 0.3 is 6.18 Å². The Morgan fingerprint density at radius 2 is 1.97 bits per heavy atom. The molecule has 2 N–H and O–H groups in total. The van der Waals surface area contributed by atoms with Crippen molar-refractivity contribution in [2.24, 2.45) is 0 Å². The van der Waals surface area contributed by atoms with Crippen LogP contribution >= 0.6 is 23.4 Å². The number of benzene rings is 2.